The van der Waals surface area contributed by atoms with E-state index in [-0.39, 0.29) is 30.1 Å². The number of ether oxygens (including phenoxy) is 2. The number of hydrogen-bond donors (Lipinski definition) is 0. The van der Waals surface area contributed by atoms with Crippen molar-refractivity contribution in [3.05, 3.63) is 60.2 Å². The van der Waals surface area contributed by atoms with Crippen LogP contribution in [0.1, 0.15) is 5.56 Å². The first kappa shape index (κ1) is 14.2. The number of carbonyl (C=O) groups is 2. The Hall–Kier alpha value is -2.40. The molecule has 5 heteroatoms. The van der Waals surface area contributed by atoms with Crippen LogP contribution in [0, 0.1) is 0 Å². The minimum atomic E-state index is -0.638. The lowest BCUT2D eigenvalue weighted by molar-refractivity contribution is -0.124. The van der Waals surface area contributed by atoms with E-state index >= 15 is 0 Å². The third kappa shape index (κ3) is 2.28. The van der Waals surface area contributed by atoms with E-state index in [4.69, 9.17) is 9.47 Å². The Morgan fingerprint density at radius 3 is 2.74 bits per heavy atom. The summed E-state index contributed by atoms with van der Waals surface area (Å²) < 4.78 is 11.0. The van der Waals surface area contributed by atoms with Gasteiger partial charge in [0.2, 0.25) is 0 Å². The van der Waals surface area contributed by atoms with Crippen LogP contribution in [-0.4, -0.2) is 47.7 Å². The van der Waals surface area contributed by atoms with Crippen molar-refractivity contribution in [3.8, 4) is 0 Å². The van der Waals surface area contributed by atoms with Gasteiger partial charge in [-0.05, 0) is 29.7 Å². The molecule has 4 rings (SSSR count). The fourth-order valence-electron chi connectivity index (χ4n) is 3.55. The molecule has 4 atom stereocenters. The van der Waals surface area contributed by atoms with Gasteiger partial charge in [0.1, 0.15) is 18.8 Å². The van der Waals surface area contributed by atoms with Crippen molar-refractivity contribution in [2.45, 2.75) is 30.7 Å². The minimum Gasteiger partial charge on any atom is -0.447 e. The van der Waals surface area contributed by atoms with Crippen LogP contribution < -0.4 is 0 Å². The molecule has 118 valence electrons. The maximum Gasteiger partial charge on any atom is 0.410 e. The van der Waals surface area contributed by atoms with Crippen LogP contribution in [0.5, 0.6) is 0 Å². The molecule has 2 bridgehead atoms. The van der Waals surface area contributed by atoms with Crippen LogP contribution in [0.15, 0.2) is 54.6 Å². The van der Waals surface area contributed by atoms with E-state index in [1.54, 1.807) is 11.0 Å². The first-order valence-electron chi connectivity index (χ1n) is 7.70. The van der Waals surface area contributed by atoms with Crippen molar-refractivity contribution in [2.24, 2.45) is 0 Å². The number of benzene rings is 1. The van der Waals surface area contributed by atoms with Gasteiger partial charge in [-0.3, -0.25) is 9.69 Å². The number of cyclic esters (lactones) is 1. The minimum absolute atomic E-state index is 0.0851. The zero-order chi connectivity index (χ0) is 16.0. The Balaban J connectivity index is 1.61. The molecular formula is C18H17NO4. The van der Waals surface area contributed by atoms with E-state index < -0.39 is 6.10 Å². The Morgan fingerprint density at radius 1 is 1.22 bits per heavy atom. The Kier molecular flexibility index (Phi) is 3.31. The van der Waals surface area contributed by atoms with Gasteiger partial charge in [0.05, 0.1) is 12.1 Å². The normalized spacial score (nSPS) is 32.5. The van der Waals surface area contributed by atoms with Crippen LogP contribution >= 0.6 is 0 Å². The van der Waals surface area contributed by atoms with Crippen molar-refractivity contribution >= 4 is 11.9 Å². The van der Waals surface area contributed by atoms with Crippen LogP contribution in [-0.2, 0) is 20.7 Å². The fraction of sp³-hybridized carbons (Fsp3) is 0.333. The van der Waals surface area contributed by atoms with E-state index in [1.165, 1.54) is 6.08 Å². The van der Waals surface area contributed by atoms with E-state index in [0.717, 1.165) is 5.56 Å². The molecule has 0 saturated carbocycles. The van der Waals surface area contributed by atoms with Crippen LogP contribution in [0.4, 0.5) is 4.79 Å². The molecule has 0 radical (unpaired) electrons. The standard InChI is InChI=1S/C18H17NO4/c1-11-16(15-8-7-14(20)17(11)23-15)19-13(10-22-18(19)21)9-12-5-3-2-4-6-12/h2-8,13,15-17H,1,9-10H2/t13-,15-,16-,17-/m0/s1. The maximum absolute atomic E-state index is 12.3. The van der Waals surface area contributed by atoms with Gasteiger partial charge in [-0.2, -0.15) is 0 Å². The smallest absolute Gasteiger partial charge is 0.410 e. The van der Waals surface area contributed by atoms with Crippen LogP contribution in [0.2, 0.25) is 0 Å². The second-order valence-corrected chi connectivity index (χ2v) is 6.09. The van der Waals surface area contributed by atoms with E-state index in [9.17, 15) is 9.59 Å². The lowest BCUT2D eigenvalue weighted by Crippen LogP contribution is -2.47. The van der Waals surface area contributed by atoms with E-state index in [0.29, 0.717) is 18.6 Å². The zero-order valence-electron chi connectivity index (χ0n) is 12.6. The topological polar surface area (TPSA) is 55.8 Å². The van der Waals surface area contributed by atoms with Crippen molar-refractivity contribution < 1.29 is 19.1 Å². The first-order valence-corrected chi connectivity index (χ1v) is 7.70. The lowest BCUT2D eigenvalue weighted by atomic mass is 9.98. The van der Waals surface area contributed by atoms with Gasteiger partial charge in [-0.1, -0.05) is 36.9 Å². The van der Waals surface area contributed by atoms with Gasteiger partial charge in [0.15, 0.2) is 5.78 Å². The second-order valence-electron chi connectivity index (χ2n) is 6.09. The number of hydrogen-bond acceptors (Lipinski definition) is 4. The SMILES string of the molecule is C=C1[C@@H]2O[C@@H](C=CC2=O)[C@H]1N1C(=O)OC[C@@H]1Cc1ccccc1. The van der Waals surface area contributed by atoms with E-state index in [1.807, 2.05) is 30.3 Å². The van der Waals surface area contributed by atoms with Crippen LogP contribution in [0.3, 0.4) is 0 Å². The molecule has 1 aromatic rings. The zero-order valence-corrected chi connectivity index (χ0v) is 12.6. The largest absolute Gasteiger partial charge is 0.447 e. The van der Waals surface area contributed by atoms with Crippen molar-refractivity contribution in [3.63, 3.8) is 0 Å². The number of nitrogens with zero attached hydrogens (tertiary/aromatic N) is 1. The number of carbonyl (C=O) groups excluding carboxylic acids is 2. The summed E-state index contributed by atoms with van der Waals surface area (Å²) in [6.45, 7) is 4.35. The quantitative estimate of drug-likeness (QED) is 0.800. The summed E-state index contributed by atoms with van der Waals surface area (Å²) in [6.07, 6.45) is 2.61. The molecule has 0 spiro atoms. The summed E-state index contributed by atoms with van der Waals surface area (Å²) in [5, 5.41) is 0. The van der Waals surface area contributed by atoms with Crippen molar-refractivity contribution in [1.82, 2.24) is 4.90 Å². The van der Waals surface area contributed by atoms with Gasteiger partial charge in [-0.15, -0.1) is 0 Å². The van der Waals surface area contributed by atoms with Crippen molar-refractivity contribution in [1.29, 1.82) is 0 Å². The van der Waals surface area contributed by atoms with Gasteiger partial charge in [0, 0.05) is 0 Å². The number of ketones is 1. The highest BCUT2D eigenvalue weighted by Gasteiger charge is 2.51. The average molecular weight is 311 g/mol. The number of fused-ring (bicyclic) bond motifs is 2. The third-order valence-corrected chi connectivity index (χ3v) is 4.65. The van der Waals surface area contributed by atoms with Gasteiger partial charge < -0.3 is 9.47 Å². The predicted octanol–water partition coefficient (Wildman–Crippen LogP) is 1.88. The molecule has 1 aromatic carbocycles. The monoisotopic (exact) mass is 311 g/mol. The van der Waals surface area contributed by atoms with Gasteiger partial charge in [0.25, 0.3) is 0 Å². The second kappa shape index (κ2) is 5.35. The lowest BCUT2D eigenvalue weighted by Gasteiger charge is -2.30. The summed E-state index contributed by atoms with van der Waals surface area (Å²) in [4.78, 5) is 25.8. The molecule has 3 aliphatic heterocycles. The molecular weight excluding hydrogens is 294 g/mol. The molecule has 2 saturated heterocycles. The molecule has 0 aromatic heterocycles. The highest BCUT2D eigenvalue weighted by atomic mass is 16.6. The molecule has 3 aliphatic rings. The van der Waals surface area contributed by atoms with E-state index in [2.05, 4.69) is 6.58 Å². The Morgan fingerprint density at radius 2 is 2.00 bits per heavy atom. The molecule has 3 heterocycles. The Bertz CT molecular complexity index is 696. The highest BCUT2D eigenvalue weighted by Crippen LogP contribution is 2.37. The first-order chi connectivity index (χ1) is 11.1. The average Bonchev–Trinajstić information content (AvgIpc) is 3.03. The van der Waals surface area contributed by atoms with Crippen LogP contribution in [0.25, 0.3) is 0 Å². The molecule has 0 aliphatic carbocycles. The predicted molar refractivity (Wildman–Crippen MR) is 82.9 cm³/mol. The molecule has 5 nitrogen and oxygen atoms in total. The highest BCUT2D eigenvalue weighted by molar-refractivity contribution is 5.98. The number of rotatable bonds is 3. The van der Waals surface area contributed by atoms with Crippen molar-refractivity contribution in [2.75, 3.05) is 6.61 Å². The summed E-state index contributed by atoms with van der Waals surface area (Å²) in [5.41, 5.74) is 1.78. The third-order valence-electron chi connectivity index (χ3n) is 4.65. The molecule has 0 N–H and O–H groups in total. The molecule has 23 heavy (non-hydrogen) atoms. The summed E-state index contributed by atoms with van der Waals surface area (Å²) in [7, 11) is 0. The maximum atomic E-state index is 12.3. The molecule has 1 amide bonds. The fourth-order valence-corrected chi connectivity index (χ4v) is 3.55. The molecule has 0 unspecified atom stereocenters. The molecule has 2 fully saturated rings. The number of amides is 1. The van der Waals surface area contributed by atoms with Gasteiger partial charge in [-0.25, -0.2) is 4.79 Å². The Labute approximate surface area is 134 Å². The summed E-state index contributed by atoms with van der Waals surface area (Å²) in [6, 6.07) is 9.55. The summed E-state index contributed by atoms with van der Waals surface area (Å²) >= 11 is 0. The van der Waals surface area contributed by atoms with Gasteiger partial charge >= 0.3 is 6.09 Å². The summed E-state index contributed by atoms with van der Waals surface area (Å²) in [5.74, 6) is -0.110.